The highest BCUT2D eigenvalue weighted by molar-refractivity contribution is 5.31. The molecule has 0 aromatic heterocycles. The Morgan fingerprint density at radius 3 is 2.62 bits per heavy atom. The van der Waals surface area contributed by atoms with Gasteiger partial charge in [-0.1, -0.05) is 13.0 Å². The Morgan fingerprint density at radius 1 is 1.43 bits per heavy atom. The van der Waals surface area contributed by atoms with Crippen LogP contribution in [0.3, 0.4) is 0 Å². The minimum Gasteiger partial charge on any atom is -0.494 e. The van der Waals surface area contributed by atoms with E-state index in [1.165, 1.54) is 13.2 Å². The molecule has 2 unspecified atom stereocenters. The number of hydrogen-bond donors (Lipinski definition) is 1. The highest BCUT2D eigenvalue weighted by Gasteiger charge is 2.39. The molecule has 1 aliphatic heterocycles. The quantitative estimate of drug-likeness (QED) is 0.906. The summed E-state index contributed by atoms with van der Waals surface area (Å²) in [5, 5.41) is 10.8. The number of ether oxygens (including phenoxy) is 2. The second kappa shape index (κ2) is 6.73. The normalized spacial score (nSPS) is 20.8. The molecule has 2 rings (SSSR count). The summed E-state index contributed by atoms with van der Waals surface area (Å²) >= 11 is 0. The van der Waals surface area contributed by atoms with Gasteiger partial charge in [-0.15, -0.1) is 0 Å². The first-order chi connectivity index (χ1) is 10.0. The van der Waals surface area contributed by atoms with Gasteiger partial charge in [0.1, 0.15) is 0 Å². The predicted octanol–water partition coefficient (Wildman–Crippen LogP) is 2.37. The minimum absolute atomic E-state index is 0.190. The molecule has 2 atom stereocenters. The van der Waals surface area contributed by atoms with Crippen molar-refractivity contribution in [3.8, 4) is 5.75 Å². The molecular weight excluding hydrogens is 273 g/mol. The lowest BCUT2D eigenvalue weighted by Gasteiger charge is -2.46. The number of halogens is 1. The van der Waals surface area contributed by atoms with E-state index in [0.29, 0.717) is 18.8 Å². The average molecular weight is 297 g/mol. The Morgan fingerprint density at radius 2 is 2.10 bits per heavy atom. The van der Waals surface area contributed by atoms with E-state index in [2.05, 4.69) is 4.90 Å². The summed E-state index contributed by atoms with van der Waals surface area (Å²) in [6.07, 6.45) is 0.00273. The maximum absolute atomic E-state index is 13.9. The number of nitrogens with zero attached hydrogens (tertiary/aromatic N) is 1. The number of hydrogen-bond acceptors (Lipinski definition) is 4. The Balaban J connectivity index is 2.26. The van der Waals surface area contributed by atoms with Gasteiger partial charge in [0.25, 0.3) is 0 Å². The zero-order valence-corrected chi connectivity index (χ0v) is 12.9. The number of methoxy groups -OCH3 is 1. The van der Waals surface area contributed by atoms with E-state index < -0.39 is 17.5 Å². The van der Waals surface area contributed by atoms with Crippen LogP contribution in [0.4, 0.5) is 4.39 Å². The molecule has 1 saturated heterocycles. The van der Waals surface area contributed by atoms with Gasteiger partial charge in [-0.05, 0) is 31.0 Å². The van der Waals surface area contributed by atoms with E-state index in [4.69, 9.17) is 9.47 Å². The third-order valence-corrected chi connectivity index (χ3v) is 4.53. The molecular formula is C16H24FNO3. The van der Waals surface area contributed by atoms with Gasteiger partial charge in [0, 0.05) is 18.6 Å². The highest BCUT2D eigenvalue weighted by Crippen LogP contribution is 2.36. The zero-order valence-electron chi connectivity index (χ0n) is 12.9. The van der Waals surface area contributed by atoms with Gasteiger partial charge >= 0.3 is 0 Å². The van der Waals surface area contributed by atoms with Crippen molar-refractivity contribution < 1.29 is 19.0 Å². The summed E-state index contributed by atoms with van der Waals surface area (Å²) in [5.41, 5.74) is 0.134. The van der Waals surface area contributed by atoms with Gasteiger partial charge in [-0.25, -0.2) is 4.39 Å². The Kier molecular flexibility index (Phi) is 5.19. The standard InChI is InChI=1S/C16H24FNO3/c1-4-16(2,18-7-9-21-10-8-18)15(19)12-5-6-14(20-3)13(17)11-12/h5-6,11,15,19H,4,7-10H2,1-3H3. The predicted molar refractivity (Wildman–Crippen MR) is 79.0 cm³/mol. The van der Waals surface area contributed by atoms with Crippen molar-refractivity contribution in [1.29, 1.82) is 0 Å². The van der Waals surface area contributed by atoms with Gasteiger partial charge in [-0.2, -0.15) is 0 Å². The van der Waals surface area contributed by atoms with Crippen LogP contribution in [-0.2, 0) is 4.74 Å². The molecule has 1 fully saturated rings. The Bertz CT molecular complexity index is 477. The molecule has 118 valence electrons. The van der Waals surface area contributed by atoms with Crippen LogP contribution in [0.2, 0.25) is 0 Å². The number of aliphatic hydroxyl groups excluding tert-OH is 1. The monoisotopic (exact) mass is 297 g/mol. The first-order valence-electron chi connectivity index (χ1n) is 7.37. The molecule has 0 aliphatic carbocycles. The molecule has 5 heteroatoms. The van der Waals surface area contributed by atoms with E-state index in [1.54, 1.807) is 12.1 Å². The molecule has 0 spiro atoms. The molecule has 1 aromatic rings. The molecule has 0 radical (unpaired) electrons. The summed E-state index contributed by atoms with van der Waals surface area (Å²) < 4.78 is 24.2. The van der Waals surface area contributed by atoms with Crippen molar-refractivity contribution in [2.45, 2.75) is 31.9 Å². The lowest BCUT2D eigenvalue weighted by Crippen LogP contribution is -2.54. The lowest BCUT2D eigenvalue weighted by molar-refractivity contribution is -0.0735. The number of benzene rings is 1. The summed E-state index contributed by atoms with van der Waals surface area (Å²) in [7, 11) is 1.43. The van der Waals surface area contributed by atoms with Gasteiger partial charge in [-0.3, -0.25) is 4.90 Å². The molecule has 21 heavy (non-hydrogen) atoms. The first kappa shape index (κ1) is 16.2. The first-order valence-corrected chi connectivity index (χ1v) is 7.37. The topological polar surface area (TPSA) is 41.9 Å². The highest BCUT2D eigenvalue weighted by atomic mass is 19.1. The third-order valence-electron chi connectivity index (χ3n) is 4.53. The number of morpholine rings is 1. The summed E-state index contributed by atoms with van der Waals surface area (Å²) in [6, 6.07) is 4.64. The zero-order chi connectivity index (χ0) is 15.5. The Hall–Kier alpha value is -1.17. The second-order valence-electron chi connectivity index (χ2n) is 5.61. The largest absolute Gasteiger partial charge is 0.494 e. The summed E-state index contributed by atoms with van der Waals surface area (Å²) in [4.78, 5) is 2.23. The lowest BCUT2D eigenvalue weighted by atomic mass is 9.84. The van der Waals surface area contributed by atoms with Crippen LogP contribution in [0.1, 0.15) is 31.9 Å². The van der Waals surface area contributed by atoms with Crippen molar-refractivity contribution in [2.24, 2.45) is 0 Å². The van der Waals surface area contributed by atoms with E-state index in [-0.39, 0.29) is 5.75 Å². The fraction of sp³-hybridized carbons (Fsp3) is 0.625. The van der Waals surface area contributed by atoms with E-state index >= 15 is 0 Å². The molecule has 1 aromatic carbocycles. The van der Waals surface area contributed by atoms with E-state index in [0.717, 1.165) is 19.5 Å². The van der Waals surface area contributed by atoms with Crippen LogP contribution in [0.15, 0.2) is 18.2 Å². The van der Waals surface area contributed by atoms with Crippen molar-refractivity contribution in [1.82, 2.24) is 4.90 Å². The van der Waals surface area contributed by atoms with Gasteiger partial charge in [0.05, 0.1) is 26.4 Å². The number of aliphatic hydroxyl groups is 1. The fourth-order valence-electron chi connectivity index (χ4n) is 2.88. The maximum atomic E-state index is 13.9. The minimum atomic E-state index is -0.763. The summed E-state index contributed by atoms with van der Waals surface area (Å²) in [6.45, 7) is 6.95. The van der Waals surface area contributed by atoms with E-state index in [9.17, 15) is 9.50 Å². The van der Waals surface area contributed by atoms with Crippen LogP contribution >= 0.6 is 0 Å². The molecule has 0 bridgehead atoms. The smallest absolute Gasteiger partial charge is 0.165 e. The van der Waals surface area contributed by atoms with Crippen LogP contribution in [0, 0.1) is 5.82 Å². The van der Waals surface area contributed by atoms with Crippen LogP contribution in [0.25, 0.3) is 0 Å². The van der Waals surface area contributed by atoms with Gasteiger partial charge in [0.2, 0.25) is 0 Å². The second-order valence-corrected chi connectivity index (χ2v) is 5.61. The van der Waals surface area contributed by atoms with Crippen molar-refractivity contribution in [3.05, 3.63) is 29.6 Å². The number of rotatable bonds is 5. The van der Waals surface area contributed by atoms with Crippen molar-refractivity contribution in [3.63, 3.8) is 0 Å². The van der Waals surface area contributed by atoms with Crippen LogP contribution in [0.5, 0.6) is 5.75 Å². The van der Waals surface area contributed by atoms with Crippen molar-refractivity contribution in [2.75, 3.05) is 33.4 Å². The van der Waals surface area contributed by atoms with Gasteiger partial charge < -0.3 is 14.6 Å². The molecule has 4 nitrogen and oxygen atoms in total. The third kappa shape index (κ3) is 3.20. The van der Waals surface area contributed by atoms with E-state index in [1.807, 2.05) is 13.8 Å². The molecule has 1 N–H and O–H groups in total. The van der Waals surface area contributed by atoms with Crippen LogP contribution in [-0.4, -0.2) is 49.0 Å². The fourth-order valence-corrected chi connectivity index (χ4v) is 2.88. The average Bonchev–Trinajstić information content (AvgIpc) is 2.54. The molecule has 0 amide bonds. The van der Waals surface area contributed by atoms with Crippen LogP contribution < -0.4 is 4.74 Å². The molecule has 0 saturated carbocycles. The molecule has 1 heterocycles. The molecule has 1 aliphatic rings. The Labute approximate surface area is 125 Å². The SMILES string of the molecule is CCC(C)(C(O)c1ccc(OC)c(F)c1)N1CCOCC1. The van der Waals surface area contributed by atoms with Crippen molar-refractivity contribution >= 4 is 0 Å². The van der Waals surface area contributed by atoms with Gasteiger partial charge in [0.15, 0.2) is 11.6 Å². The summed E-state index contributed by atoms with van der Waals surface area (Å²) in [5.74, 6) is -0.259. The maximum Gasteiger partial charge on any atom is 0.165 e.